The standard InChI is InChI=1S/C6H8N3P/c1-4-3-9(10)6(7)5(4)8-2/h3H,7,10H2,1H3. The molecule has 1 aromatic heterocycles. The molecule has 1 heterocycles. The number of nitrogens with two attached hydrogens (primary N) is 1. The molecule has 0 aliphatic heterocycles. The van der Waals surface area contributed by atoms with Crippen molar-refractivity contribution in [2.24, 2.45) is 0 Å². The molecule has 4 heteroatoms. The summed E-state index contributed by atoms with van der Waals surface area (Å²) in [4.78, 5) is 3.28. The molecule has 0 spiro atoms. The van der Waals surface area contributed by atoms with Gasteiger partial charge in [0.1, 0.15) is 5.82 Å². The summed E-state index contributed by atoms with van der Waals surface area (Å²) in [5.74, 6) is 0.512. The summed E-state index contributed by atoms with van der Waals surface area (Å²) in [5, 5.41) is 0. The SMILES string of the molecule is [C-]#[N+]c1c(C)cn(P)c1N. The summed E-state index contributed by atoms with van der Waals surface area (Å²) in [7, 11) is 2.42. The molecule has 1 rings (SSSR count). The van der Waals surface area contributed by atoms with Gasteiger partial charge in [0.05, 0.1) is 6.57 Å². The largest absolute Gasteiger partial charge is 0.394 e. The molecule has 0 saturated heterocycles. The Balaban J connectivity index is 3.37. The lowest BCUT2D eigenvalue weighted by atomic mass is 10.3. The average molecular weight is 153 g/mol. The van der Waals surface area contributed by atoms with E-state index in [1.165, 1.54) is 0 Å². The number of aromatic nitrogens is 1. The maximum atomic E-state index is 6.76. The van der Waals surface area contributed by atoms with Gasteiger partial charge in [-0.15, -0.1) is 0 Å². The van der Waals surface area contributed by atoms with Gasteiger partial charge in [0.15, 0.2) is 0 Å². The molecule has 10 heavy (non-hydrogen) atoms. The molecule has 0 amide bonds. The third-order valence-electron chi connectivity index (χ3n) is 1.34. The van der Waals surface area contributed by atoms with Crippen molar-refractivity contribution in [2.75, 3.05) is 5.73 Å². The number of aryl methyl sites for hydroxylation is 1. The van der Waals surface area contributed by atoms with Crippen molar-refractivity contribution in [3.8, 4) is 0 Å². The minimum Gasteiger partial charge on any atom is -0.394 e. The second-order valence-electron chi connectivity index (χ2n) is 2.07. The molecule has 52 valence electrons. The topological polar surface area (TPSA) is 35.3 Å². The van der Waals surface area contributed by atoms with Crippen LogP contribution >= 0.6 is 9.39 Å². The molecular weight excluding hydrogens is 145 g/mol. The van der Waals surface area contributed by atoms with Gasteiger partial charge in [-0.05, 0) is 21.9 Å². The van der Waals surface area contributed by atoms with Crippen LogP contribution in [0.1, 0.15) is 5.56 Å². The molecule has 1 atom stereocenters. The predicted molar refractivity (Wildman–Crippen MR) is 45.0 cm³/mol. The van der Waals surface area contributed by atoms with Crippen LogP contribution in [0.2, 0.25) is 0 Å². The van der Waals surface area contributed by atoms with E-state index in [-0.39, 0.29) is 0 Å². The van der Waals surface area contributed by atoms with Gasteiger partial charge in [-0.25, -0.2) is 4.85 Å². The van der Waals surface area contributed by atoms with Crippen molar-refractivity contribution in [3.63, 3.8) is 0 Å². The number of nitrogens with zero attached hydrogens (tertiary/aromatic N) is 2. The van der Waals surface area contributed by atoms with Gasteiger partial charge in [-0.2, -0.15) is 0 Å². The van der Waals surface area contributed by atoms with E-state index in [1.807, 2.05) is 13.1 Å². The quantitative estimate of drug-likeness (QED) is 0.445. The minimum absolute atomic E-state index is 0.512. The van der Waals surface area contributed by atoms with E-state index in [0.717, 1.165) is 5.56 Å². The van der Waals surface area contributed by atoms with Gasteiger partial charge in [0.2, 0.25) is 5.69 Å². The predicted octanol–water partition coefficient (Wildman–Crippen LogP) is 1.57. The summed E-state index contributed by atoms with van der Waals surface area (Å²) < 4.78 is 1.67. The zero-order chi connectivity index (χ0) is 7.72. The van der Waals surface area contributed by atoms with Crippen LogP contribution in [0.5, 0.6) is 0 Å². The summed E-state index contributed by atoms with van der Waals surface area (Å²) >= 11 is 0. The van der Waals surface area contributed by atoms with Crippen LogP contribution in [-0.4, -0.2) is 4.34 Å². The second kappa shape index (κ2) is 2.32. The van der Waals surface area contributed by atoms with E-state index in [2.05, 4.69) is 14.2 Å². The fourth-order valence-corrected chi connectivity index (χ4v) is 1.15. The Hall–Kier alpha value is -1.00. The zero-order valence-corrected chi connectivity index (χ0v) is 6.78. The van der Waals surface area contributed by atoms with Crippen LogP contribution in [0.15, 0.2) is 6.20 Å². The highest BCUT2D eigenvalue weighted by Gasteiger charge is 2.06. The van der Waals surface area contributed by atoms with Crippen LogP contribution < -0.4 is 5.73 Å². The number of hydrogen-bond acceptors (Lipinski definition) is 1. The molecule has 0 fully saturated rings. The van der Waals surface area contributed by atoms with Gasteiger partial charge in [0, 0.05) is 6.20 Å². The second-order valence-corrected chi connectivity index (χ2v) is 2.62. The average Bonchev–Trinajstić information content (AvgIpc) is 2.09. The number of rotatable bonds is 0. The summed E-state index contributed by atoms with van der Waals surface area (Å²) in [6.07, 6.45) is 1.81. The van der Waals surface area contributed by atoms with Crippen molar-refractivity contribution in [1.29, 1.82) is 0 Å². The first-order valence-electron chi connectivity index (χ1n) is 2.76. The molecule has 1 aromatic rings. The normalized spacial score (nSPS) is 9.30. The number of nitrogen functional groups attached to an aromatic ring is 1. The highest BCUT2D eigenvalue weighted by atomic mass is 31.0. The first-order chi connectivity index (χ1) is 4.66. The lowest BCUT2D eigenvalue weighted by molar-refractivity contribution is 1.29. The molecule has 2 N–H and O–H groups in total. The van der Waals surface area contributed by atoms with E-state index in [0.29, 0.717) is 11.5 Å². The molecule has 0 saturated carbocycles. The molecule has 0 bridgehead atoms. The van der Waals surface area contributed by atoms with Crippen LogP contribution in [-0.2, 0) is 0 Å². The Morgan fingerprint density at radius 1 is 1.80 bits per heavy atom. The fourth-order valence-electron chi connectivity index (χ4n) is 0.809. The van der Waals surface area contributed by atoms with Gasteiger partial charge in [-0.1, -0.05) is 0 Å². The van der Waals surface area contributed by atoms with E-state index in [1.54, 1.807) is 4.34 Å². The van der Waals surface area contributed by atoms with E-state index < -0.39 is 0 Å². The van der Waals surface area contributed by atoms with Crippen LogP contribution in [0.3, 0.4) is 0 Å². The summed E-state index contributed by atoms with van der Waals surface area (Å²) in [6, 6.07) is 0. The molecule has 0 aliphatic carbocycles. The molecule has 1 unspecified atom stereocenters. The first-order valence-corrected chi connectivity index (χ1v) is 3.28. The van der Waals surface area contributed by atoms with E-state index >= 15 is 0 Å². The highest BCUT2D eigenvalue weighted by Crippen LogP contribution is 2.29. The lowest BCUT2D eigenvalue weighted by Crippen LogP contribution is -1.87. The monoisotopic (exact) mass is 153 g/mol. The molecule has 0 radical (unpaired) electrons. The smallest absolute Gasteiger partial charge is 0.230 e. The number of hydrogen-bond donors (Lipinski definition) is 1. The van der Waals surface area contributed by atoms with Crippen LogP contribution in [0.4, 0.5) is 11.5 Å². The fraction of sp³-hybridized carbons (Fsp3) is 0.167. The van der Waals surface area contributed by atoms with Gasteiger partial charge >= 0.3 is 0 Å². The Morgan fingerprint density at radius 3 is 2.60 bits per heavy atom. The molecular formula is C6H8N3P. The Kier molecular flexibility index (Phi) is 1.65. The van der Waals surface area contributed by atoms with Crippen molar-refractivity contribution >= 4 is 20.9 Å². The first kappa shape index (κ1) is 7.11. The minimum atomic E-state index is 0.512. The third-order valence-corrected chi connectivity index (χ3v) is 1.77. The van der Waals surface area contributed by atoms with E-state index in [4.69, 9.17) is 12.3 Å². The Morgan fingerprint density at radius 2 is 2.40 bits per heavy atom. The van der Waals surface area contributed by atoms with E-state index in [9.17, 15) is 0 Å². The highest BCUT2D eigenvalue weighted by molar-refractivity contribution is 7.14. The van der Waals surface area contributed by atoms with Crippen molar-refractivity contribution < 1.29 is 0 Å². The maximum absolute atomic E-state index is 6.76. The van der Waals surface area contributed by atoms with Crippen LogP contribution in [0, 0.1) is 13.5 Å². The Labute approximate surface area is 61.9 Å². The maximum Gasteiger partial charge on any atom is 0.230 e. The van der Waals surface area contributed by atoms with Crippen LogP contribution in [0.25, 0.3) is 4.85 Å². The van der Waals surface area contributed by atoms with Gasteiger partial charge < -0.3 is 10.1 Å². The van der Waals surface area contributed by atoms with Crippen molar-refractivity contribution in [3.05, 3.63) is 23.2 Å². The molecule has 3 nitrogen and oxygen atoms in total. The summed E-state index contributed by atoms with van der Waals surface area (Å²) in [6.45, 7) is 8.63. The molecule has 0 aromatic carbocycles. The van der Waals surface area contributed by atoms with Crippen molar-refractivity contribution in [1.82, 2.24) is 4.34 Å². The van der Waals surface area contributed by atoms with Crippen molar-refractivity contribution in [2.45, 2.75) is 6.92 Å². The third kappa shape index (κ3) is 0.872. The lowest BCUT2D eigenvalue weighted by Gasteiger charge is -1.92. The number of anilines is 1. The summed E-state index contributed by atoms with van der Waals surface area (Å²) in [5.41, 5.74) is 7.01. The van der Waals surface area contributed by atoms with Gasteiger partial charge in [-0.3, -0.25) is 0 Å². The zero-order valence-electron chi connectivity index (χ0n) is 5.63. The van der Waals surface area contributed by atoms with Gasteiger partial charge in [0.25, 0.3) is 0 Å². The molecule has 0 aliphatic rings. The Bertz CT molecular complexity index is 295.